The number of amides is 1. The van der Waals surface area contributed by atoms with Crippen molar-refractivity contribution in [3.8, 4) is 11.5 Å². The molecule has 1 aliphatic rings. The van der Waals surface area contributed by atoms with Gasteiger partial charge in [-0.1, -0.05) is 30.3 Å². The van der Waals surface area contributed by atoms with E-state index in [1.807, 2.05) is 24.3 Å². The van der Waals surface area contributed by atoms with E-state index >= 15 is 0 Å². The number of nitrogens with one attached hydrogen (secondary N) is 1. The SMILES string of the molecule is COc1ccccc1CNC(=O)c1c(OC)cc(=O)n2c1CCN(Cc1ccc(F)cc1)CC2. The molecule has 0 saturated carbocycles. The van der Waals surface area contributed by atoms with Gasteiger partial charge in [0.2, 0.25) is 0 Å². The number of nitrogens with zero attached hydrogens (tertiary/aromatic N) is 2. The van der Waals surface area contributed by atoms with E-state index in [1.165, 1.54) is 25.3 Å². The molecule has 3 aromatic rings. The lowest BCUT2D eigenvalue weighted by molar-refractivity contribution is 0.0945. The Hall–Kier alpha value is -3.65. The summed E-state index contributed by atoms with van der Waals surface area (Å²) in [6.07, 6.45) is 0.505. The molecule has 2 heterocycles. The number of para-hydroxylation sites is 1. The van der Waals surface area contributed by atoms with Gasteiger partial charge in [0.15, 0.2) is 0 Å². The van der Waals surface area contributed by atoms with E-state index in [4.69, 9.17) is 9.47 Å². The highest BCUT2D eigenvalue weighted by molar-refractivity contribution is 5.98. The normalized spacial score (nSPS) is 13.6. The Morgan fingerprint density at radius 1 is 1.00 bits per heavy atom. The zero-order valence-corrected chi connectivity index (χ0v) is 19.3. The molecule has 1 aromatic heterocycles. The Labute approximate surface area is 197 Å². The maximum absolute atomic E-state index is 13.3. The van der Waals surface area contributed by atoms with Crippen LogP contribution in [0.2, 0.25) is 0 Å². The molecule has 1 amide bonds. The van der Waals surface area contributed by atoms with Gasteiger partial charge in [-0.2, -0.15) is 0 Å². The van der Waals surface area contributed by atoms with Crippen LogP contribution in [-0.2, 0) is 26.1 Å². The number of ether oxygens (including phenoxy) is 2. The van der Waals surface area contributed by atoms with E-state index in [-0.39, 0.29) is 29.6 Å². The number of carbonyl (C=O) groups is 1. The van der Waals surface area contributed by atoms with E-state index in [0.29, 0.717) is 49.6 Å². The second-order valence-corrected chi connectivity index (χ2v) is 8.17. The lowest BCUT2D eigenvalue weighted by Crippen LogP contribution is -2.31. The largest absolute Gasteiger partial charge is 0.496 e. The number of carbonyl (C=O) groups excluding carboxylic acids is 1. The molecule has 8 heteroatoms. The smallest absolute Gasteiger partial charge is 0.257 e. The van der Waals surface area contributed by atoms with Crippen LogP contribution in [0.3, 0.4) is 0 Å². The number of benzene rings is 2. The summed E-state index contributed by atoms with van der Waals surface area (Å²) in [5, 5.41) is 2.95. The van der Waals surface area contributed by atoms with Gasteiger partial charge in [-0.3, -0.25) is 14.5 Å². The number of hydrogen-bond donors (Lipinski definition) is 1. The van der Waals surface area contributed by atoms with E-state index in [1.54, 1.807) is 23.8 Å². The van der Waals surface area contributed by atoms with Gasteiger partial charge in [0, 0.05) is 56.5 Å². The average Bonchev–Trinajstić information content (AvgIpc) is 3.07. The molecule has 0 spiro atoms. The third-order valence-electron chi connectivity index (χ3n) is 6.08. The van der Waals surface area contributed by atoms with Crippen LogP contribution in [0.5, 0.6) is 11.5 Å². The summed E-state index contributed by atoms with van der Waals surface area (Å²) in [7, 11) is 3.05. The zero-order valence-electron chi connectivity index (χ0n) is 19.3. The van der Waals surface area contributed by atoms with Crippen molar-refractivity contribution in [3.63, 3.8) is 0 Å². The predicted octanol–water partition coefficient (Wildman–Crippen LogP) is 2.99. The van der Waals surface area contributed by atoms with E-state index in [9.17, 15) is 14.0 Å². The Balaban J connectivity index is 1.57. The second kappa shape index (κ2) is 10.5. The number of aromatic nitrogens is 1. The number of halogens is 1. The fourth-order valence-corrected chi connectivity index (χ4v) is 4.32. The summed E-state index contributed by atoms with van der Waals surface area (Å²) in [4.78, 5) is 28.3. The molecule has 0 radical (unpaired) electrons. The molecule has 0 unspecified atom stereocenters. The Morgan fingerprint density at radius 3 is 2.47 bits per heavy atom. The molecule has 34 heavy (non-hydrogen) atoms. The van der Waals surface area contributed by atoms with Gasteiger partial charge >= 0.3 is 0 Å². The maximum Gasteiger partial charge on any atom is 0.257 e. The molecule has 4 rings (SSSR count). The Morgan fingerprint density at radius 2 is 1.74 bits per heavy atom. The summed E-state index contributed by atoms with van der Waals surface area (Å²) in [6.45, 7) is 2.65. The van der Waals surface area contributed by atoms with Crippen LogP contribution in [0.1, 0.15) is 27.2 Å². The molecule has 0 bridgehead atoms. The highest BCUT2D eigenvalue weighted by atomic mass is 19.1. The summed E-state index contributed by atoms with van der Waals surface area (Å²) >= 11 is 0. The minimum atomic E-state index is -0.307. The quantitative estimate of drug-likeness (QED) is 0.581. The van der Waals surface area contributed by atoms with Crippen molar-refractivity contribution < 1.29 is 18.7 Å². The molecule has 2 aromatic carbocycles. The topological polar surface area (TPSA) is 72.8 Å². The first-order valence-electron chi connectivity index (χ1n) is 11.2. The van der Waals surface area contributed by atoms with Crippen LogP contribution in [-0.4, -0.2) is 42.7 Å². The minimum absolute atomic E-state index is 0.197. The Bertz CT molecular complexity index is 1220. The minimum Gasteiger partial charge on any atom is -0.496 e. The van der Waals surface area contributed by atoms with Gasteiger partial charge in [0.1, 0.15) is 22.9 Å². The van der Waals surface area contributed by atoms with Crippen LogP contribution in [0.4, 0.5) is 4.39 Å². The van der Waals surface area contributed by atoms with Gasteiger partial charge in [-0.05, 0) is 23.8 Å². The second-order valence-electron chi connectivity index (χ2n) is 8.17. The lowest BCUT2D eigenvalue weighted by Gasteiger charge is -2.19. The van der Waals surface area contributed by atoms with E-state index in [2.05, 4.69) is 10.2 Å². The van der Waals surface area contributed by atoms with Crippen molar-refractivity contribution in [3.05, 3.63) is 93.2 Å². The maximum atomic E-state index is 13.3. The first-order chi connectivity index (χ1) is 16.5. The molecule has 0 aliphatic carbocycles. The molecule has 0 saturated heterocycles. The fourth-order valence-electron chi connectivity index (χ4n) is 4.32. The third kappa shape index (κ3) is 5.12. The molecular formula is C26H28FN3O4. The van der Waals surface area contributed by atoms with Crippen LogP contribution in [0.25, 0.3) is 0 Å². The molecule has 0 atom stereocenters. The lowest BCUT2D eigenvalue weighted by atomic mass is 10.1. The number of fused-ring (bicyclic) bond motifs is 1. The van der Waals surface area contributed by atoms with E-state index < -0.39 is 0 Å². The van der Waals surface area contributed by atoms with Crippen LogP contribution < -0.4 is 20.3 Å². The summed E-state index contributed by atoms with van der Waals surface area (Å²) < 4.78 is 25.7. The van der Waals surface area contributed by atoms with Crippen molar-refractivity contribution in [1.82, 2.24) is 14.8 Å². The molecule has 1 N–H and O–H groups in total. The van der Waals surface area contributed by atoms with Crippen molar-refractivity contribution in [2.45, 2.75) is 26.1 Å². The van der Waals surface area contributed by atoms with Crippen LogP contribution in [0.15, 0.2) is 59.4 Å². The van der Waals surface area contributed by atoms with Crippen molar-refractivity contribution in [2.75, 3.05) is 27.3 Å². The number of hydrogen-bond acceptors (Lipinski definition) is 5. The number of methoxy groups -OCH3 is 2. The molecule has 7 nitrogen and oxygen atoms in total. The first-order valence-corrected chi connectivity index (χ1v) is 11.2. The van der Waals surface area contributed by atoms with Gasteiger partial charge in [0.25, 0.3) is 11.5 Å². The van der Waals surface area contributed by atoms with Crippen LogP contribution in [0, 0.1) is 5.82 Å². The van der Waals surface area contributed by atoms with Crippen molar-refractivity contribution in [2.24, 2.45) is 0 Å². The predicted molar refractivity (Wildman–Crippen MR) is 127 cm³/mol. The summed E-state index contributed by atoms with van der Waals surface area (Å²) in [5.41, 5.74) is 2.68. The third-order valence-corrected chi connectivity index (χ3v) is 6.08. The Kier molecular flexibility index (Phi) is 7.27. The molecule has 178 valence electrons. The monoisotopic (exact) mass is 465 g/mol. The van der Waals surface area contributed by atoms with E-state index in [0.717, 1.165) is 11.1 Å². The molecule has 1 aliphatic heterocycles. The van der Waals surface area contributed by atoms with Gasteiger partial charge < -0.3 is 19.4 Å². The summed E-state index contributed by atoms with van der Waals surface area (Å²) in [5.74, 6) is 0.378. The van der Waals surface area contributed by atoms with Crippen molar-refractivity contribution >= 4 is 5.91 Å². The molecule has 0 fully saturated rings. The van der Waals surface area contributed by atoms with Gasteiger partial charge in [0.05, 0.1) is 14.2 Å². The highest BCUT2D eigenvalue weighted by Crippen LogP contribution is 2.24. The number of rotatable bonds is 7. The average molecular weight is 466 g/mol. The van der Waals surface area contributed by atoms with Gasteiger partial charge in [-0.25, -0.2) is 4.39 Å². The van der Waals surface area contributed by atoms with Gasteiger partial charge in [-0.15, -0.1) is 0 Å². The van der Waals surface area contributed by atoms with Crippen LogP contribution >= 0.6 is 0 Å². The fraction of sp³-hybridized carbons (Fsp3) is 0.308. The zero-order chi connectivity index (χ0) is 24.1. The standard InChI is InChI=1S/C26H28FN3O4/c1-33-22-6-4-3-5-19(22)16-28-26(32)25-21-11-12-29(17-18-7-9-20(27)10-8-18)13-14-30(21)24(31)15-23(25)34-2/h3-10,15H,11-14,16-17H2,1-2H3,(H,28,32). The molecular weight excluding hydrogens is 437 g/mol. The van der Waals surface area contributed by atoms with Crippen molar-refractivity contribution in [1.29, 1.82) is 0 Å². The summed E-state index contributed by atoms with van der Waals surface area (Å²) in [6, 6.07) is 15.3. The first kappa shape index (κ1) is 23.5. The number of pyridine rings is 1. The highest BCUT2D eigenvalue weighted by Gasteiger charge is 2.25.